The minimum Gasteiger partial charge on any atom is -0.375 e. The van der Waals surface area contributed by atoms with Gasteiger partial charge in [0.1, 0.15) is 6.07 Å². The van der Waals surface area contributed by atoms with Crippen LogP contribution in [0.5, 0.6) is 0 Å². The normalized spacial score (nSPS) is 10.8. The maximum Gasteiger partial charge on any atom is 0.226 e. The van der Waals surface area contributed by atoms with Crippen LogP contribution < -0.4 is 5.32 Å². The highest BCUT2D eigenvalue weighted by Crippen LogP contribution is 2.15. The van der Waals surface area contributed by atoms with E-state index in [9.17, 15) is 4.79 Å². The van der Waals surface area contributed by atoms with Crippen LogP contribution in [0.3, 0.4) is 0 Å². The van der Waals surface area contributed by atoms with Crippen LogP contribution in [0.25, 0.3) is 0 Å². The number of nitrogens with zero attached hydrogens (tertiary/aromatic N) is 1. The van der Waals surface area contributed by atoms with Gasteiger partial charge in [-0.05, 0) is 32.4 Å². The van der Waals surface area contributed by atoms with Gasteiger partial charge in [-0.2, -0.15) is 5.26 Å². The zero-order chi connectivity index (χ0) is 14.3. The monoisotopic (exact) mass is 260 g/mol. The summed E-state index contributed by atoms with van der Waals surface area (Å²) >= 11 is 0. The van der Waals surface area contributed by atoms with Gasteiger partial charge in [0.15, 0.2) is 0 Å². The first-order valence-corrected chi connectivity index (χ1v) is 6.41. The molecule has 0 aliphatic heterocycles. The second-order valence-corrected chi connectivity index (χ2v) is 4.92. The van der Waals surface area contributed by atoms with Gasteiger partial charge >= 0.3 is 0 Å². The molecule has 0 aromatic heterocycles. The highest BCUT2D eigenvalue weighted by molar-refractivity contribution is 5.92. The lowest BCUT2D eigenvalue weighted by molar-refractivity contribution is -0.118. The lowest BCUT2D eigenvalue weighted by Crippen LogP contribution is -2.25. The maximum atomic E-state index is 11.8. The number of ether oxygens (including phenoxy) is 1. The number of benzene rings is 1. The Kier molecular flexibility index (Phi) is 5.53. The number of nitrogens with one attached hydrogen (secondary N) is 1. The van der Waals surface area contributed by atoms with E-state index < -0.39 is 0 Å². The Hall–Kier alpha value is -1.86. The van der Waals surface area contributed by atoms with E-state index in [0.29, 0.717) is 17.9 Å². The van der Waals surface area contributed by atoms with E-state index in [1.807, 2.05) is 26.8 Å². The summed E-state index contributed by atoms with van der Waals surface area (Å²) in [6, 6.07) is 8.98. The highest BCUT2D eigenvalue weighted by Gasteiger charge is 2.15. The van der Waals surface area contributed by atoms with Crippen LogP contribution in [-0.2, 0) is 9.53 Å². The van der Waals surface area contributed by atoms with Crippen molar-refractivity contribution < 1.29 is 9.53 Å². The van der Waals surface area contributed by atoms with E-state index in [1.165, 1.54) is 0 Å². The quantitative estimate of drug-likeness (QED) is 0.855. The molecule has 102 valence electrons. The van der Waals surface area contributed by atoms with E-state index in [2.05, 4.69) is 5.32 Å². The second kappa shape index (κ2) is 6.91. The number of rotatable bonds is 6. The summed E-state index contributed by atoms with van der Waals surface area (Å²) in [5.74, 6) is -0.144. The largest absolute Gasteiger partial charge is 0.375 e. The van der Waals surface area contributed by atoms with Crippen LogP contribution in [0.4, 0.5) is 5.69 Å². The fourth-order valence-corrected chi connectivity index (χ4v) is 1.42. The molecular formula is C15H20N2O2. The summed E-state index contributed by atoms with van der Waals surface area (Å²) in [6.45, 7) is 6.41. The molecule has 1 rings (SSSR count). The summed E-state index contributed by atoms with van der Waals surface area (Å²) in [7, 11) is 0. The summed E-state index contributed by atoms with van der Waals surface area (Å²) in [5, 5.41) is 11.6. The Morgan fingerprint density at radius 1 is 1.42 bits per heavy atom. The lowest BCUT2D eigenvalue weighted by Gasteiger charge is -2.23. The molecule has 0 saturated carbocycles. The Balaban J connectivity index is 2.46. The van der Waals surface area contributed by atoms with Crippen LogP contribution in [0, 0.1) is 11.3 Å². The topological polar surface area (TPSA) is 62.1 Å². The molecule has 1 aromatic rings. The highest BCUT2D eigenvalue weighted by atomic mass is 16.5. The Labute approximate surface area is 114 Å². The molecule has 0 aliphatic rings. The number of anilines is 1. The first-order valence-electron chi connectivity index (χ1n) is 6.41. The van der Waals surface area contributed by atoms with E-state index in [4.69, 9.17) is 10.00 Å². The zero-order valence-electron chi connectivity index (χ0n) is 11.7. The number of carbonyl (C=O) groups excluding carboxylic acids is 1. The first kappa shape index (κ1) is 15.2. The van der Waals surface area contributed by atoms with Crippen LogP contribution in [0.2, 0.25) is 0 Å². The Morgan fingerprint density at radius 2 is 2.11 bits per heavy atom. The van der Waals surface area contributed by atoms with E-state index in [1.54, 1.807) is 24.3 Å². The Bertz CT molecular complexity index is 475. The molecule has 0 heterocycles. The summed E-state index contributed by atoms with van der Waals surface area (Å²) < 4.78 is 5.62. The SMILES string of the molecule is CCC(C)(C)OCCC(=O)Nc1ccccc1C#N. The number of amides is 1. The molecule has 0 atom stereocenters. The van der Waals surface area contributed by atoms with Crippen molar-refractivity contribution in [3.05, 3.63) is 29.8 Å². The standard InChI is InChI=1S/C15H20N2O2/c1-4-15(2,3)19-10-9-14(18)17-13-8-6-5-7-12(13)11-16/h5-8H,4,9-10H2,1-3H3,(H,17,18). The molecule has 0 radical (unpaired) electrons. The predicted molar refractivity (Wildman–Crippen MR) is 74.7 cm³/mol. The average molecular weight is 260 g/mol. The molecule has 4 heteroatoms. The Morgan fingerprint density at radius 3 is 2.74 bits per heavy atom. The van der Waals surface area contributed by atoms with Crippen LogP contribution in [0.15, 0.2) is 24.3 Å². The van der Waals surface area contributed by atoms with Gasteiger partial charge in [-0.3, -0.25) is 4.79 Å². The smallest absolute Gasteiger partial charge is 0.226 e. The van der Waals surface area contributed by atoms with Crippen molar-refractivity contribution >= 4 is 11.6 Å². The molecule has 0 saturated heterocycles. The predicted octanol–water partition coefficient (Wildman–Crippen LogP) is 3.09. The second-order valence-electron chi connectivity index (χ2n) is 4.92. The van der Waals surface area contributed by atoms with Crippen molar-refractivity contribution in [2.75, 3.05) is 11.9 Å². The van der Waals surface area contributed by atoms with Crippen LogP contribution in [0.1, 0.15) is 39.2 Å². The molecule has 19 heavy (non-hydrogen) atoms. The van der Waals surface area contributed by atoms with Gasteiger partial charge < -0.3 is 10.1 Å². The number of hydrogen-bond acceptors (Lipinski definition) is 3. The number of para-hydroxylation sites is 1. The molecular weight excluding hydrogens is 240 g/mol. The van der Waals surface area contributed by atoms with Gasteiger partial charge in [0.25, 0.3) is 0 Å². The van der Waals surface area contributed by atoms with Crippen molar-refractivity contribution in [2.24, 2.45) is 0 Å². The van der Waals surface area contributed by atoms with E-state index in [0.717, 1.165) is 6.42 Å². The van der Waals surface area contributed by atoms with Crippen molar-refractivity contribution in [1.82, 2.24) is 0 Å². The minimum atomic E-state index is -0.204. The minimum absolute atomic E-state index is 0.144. The summed E-state index contributed by atoms with van der Waals surface area (Å²) in [5.41, 5.74) is 0.806. The van der Waals surface area contributed by atoms with E-state index >= 15 is 0 Å². The van der Waals surface area contributed by atoms with Crippen molar-refractivity contribution in [3.63, 3.8) is 0 Å². The number of carbonyl (C=O) groups is 1. The zero-order valence-corrected chi connectivity index (χ0v) is 11.7. The molecule has 1 N–H and O–H groups in total. The number of nitriles is 1. The molecule has 1 aromatic carbocycles. The van der Waals surface area contributed by atoms with Gasteiger partial charge in [-0.1, -0.05) is 19.1 Å². The molecule has 1 amide bonds. The number of hydrogen-bond donors (Lipinski definition) is 1. The van der Waals surface area contributed by atoms with Gasteiger partial charge in [0.2, 0.25) is 5.91 Å². The molecule has 0 bridgehead atoms. The lowest BCUT2D eigenvalue weighted by atomic mass is 10.1. The van der Waals surface area contributed by atoms with Gasteiger partial charge in [-0.15, -0.1) is 0 Å². The third-order valence-corrected chi connectivity index (χ3v) is 2.99. The van der Waals surface area contributed by atoms with Gasteiger partial charge in [0, 0.05) is 0 Å². The van der Waals surface area contributed by atoms with Gasteiger partial charge in [-0.25, -0.2) is 0 Å². The first-order chi connectivity index (χ1) is 8.98. The molecule has 0 spiro atoms. The molecule has 0 fully saturated rings. The van der Waals surface area contributed by atoms with Crippen molar-refractivity contribution in [3.8, 4) is 6.07 Å². The third-order valence-electron chi connectivity index (χ3n) is 2.99. The van der Waals surface area contributed by atoms with Crippen LogP contribution >= 0.6 is 0 Å². The summed E-state index contributed by atoms with van der Waals surface area (Å²) in [4.78, 5) is 11.8. The van der Waals surface area contributed by atoms with Crippen molar-refractivity contribution in [1.29, 1.82) is 5.26 Å². The molecule has 4 nitrogen and oxygen atoms in total. The van der Waals surface area contributed by atoms with E-state index in [-0.39, 0.29) is 17.9 Å². The van der Waals surface area contributed by atoms with Crippen molar-refractivity contribution in [2.45, 2.75) is 39.2 Å². The summed E-state index contributed by atoms with van der Waals surface area (Å²) in [6.07, 6.45) is 1.18. The fraction of sp³-hybridized carbons (Fsp3) is 0.467. The average Bonchev–Trinajstić information content (AvgIpc) is 2.39. The van der Waals surface area contributed by atoms with Crippen LogP contribution in [-0.4, -0.2) is 18.1 Å². The third kappa shape index (κ3) is 5.11. The molecule has 0 unspecified atom stereocenters. The maximum absolute atomic E-state index is 11.8. The molecule has 0 aliphatic carbocycles. The fourth-order valence-electron chi connectivity index (χ4n) is 1.42. The van der Waals surface area contributed by atoms with Gasteiger partial charge in [0.05, 0.1) is 29.9 Å².